The van der Waals surface area contributed by atoms with Crippen molar-refractivity contribution in [2.24, 2.45) is 5.92 Å². The van der Waals surface area contributed by atoms with Crippen molar-refractivity contribution in [1.82, 2.24) is 4.90 Å². The van der Waals surface area contributed by atoms with Crippen LogP contribution in [0.15, 0.2) is 48.5 Å². The highest BCUT2D eigenvalue weighted by Crippen LogP contribution is 2.24. The molecule has 1 saturated heterocycles. The SMILES string of the molecule is Cc1ccccc1NC(=O)C1CCN(Cc2ccccc2Cl)CC1. The Morgan fingerprint density at radius 1 is 1.12 bits per heavy atom. The van der Waals surface area contributed by atoms with Crippen LogP contribution in [0.4, 0.5) is 5.69 Å². The van der Waals surface area contributed by atoms with E-state index in [1.54, 1.807) is 0 Å². The number of hydrogen-bond donors (Lipinski definition) is 1. The minimum absolute atomic E-state index is 0.0899. The molecule has 0 unspecified atom stereocenters. The van der Waals surface area contributed by atoms with Crippen molar-refractivity contribution in [3.63, 3.8) is 0 Å². The van der Waals surface area contributed by atoms with Crippen LogP contribution in [0.5, 0.6) is 0 Å². The summed E-state index contributed by atoms with van der Waals surface area (Å²) in [5.41, 5.74) is 3.17. The highest BCUT2D eigenvalue weighted by molar-refractivity contribution is 6.31. The Kier molecular flexibility index (Phi) is 5.54. The lowest BCUT2D eigenvalue weighted by Gasteiger charge is -2.31. The molecule has 24 heavy (non-hydrogen) atoms. The first kappa shape index (κ1) is 17.0. The van der Waals surface area contributed by atoms with Crippen molar-refractivity contribution in [2.45, 2.75) is 26.3 Å². The lowest BCUT2D eigenvalue weighted by Crippen LogP contribution is -2.37. The van der Waals surface area contributed by atoms with Gasteiger partial charge in [-0.05, 0) is 56.1 Å². The first-order valence-electron chi connectivity index (χ1n) is 8.46. The Balaban J connectivity index is 1.52. The second-order valence-corrected chi connectivity index (χ2v) is 6.85. The number of amides is 1. The number of halogens is 1. The van der Waals surface area contributed by atoms with Gasteiger partial charge in [-0.3, -0.25) is 9.69 Å². The first-order valence-corrected chi connectivity index (χ1v) is 8.83. The van der Waals surface area contributed by atoms with Crippen LogP contribution < -0.4 is 5.32 Å². The average molecular weight is 343 g/mol. The lowest BCUT2D eigenvalue weighted by molar-refractivity contribution is -0.121. The van der Waals surface area contributed by atoms with E-state index in [0.29, 0.717) is 0 Å². The fourth-order valence-corrected chi connectivity index (χ4v) is 3.36. The number of hydrogen-bond acceptors (Lipinski definition) is 2. The average Bonchev–Trinajstić information content (AvgIpc) is 2.59. The molecule has 126 valence electrons. The summed E-state index contributed by atoms with van der Waals surface area (Å²) in [6.45, 7) is 4.72. The molecule has 1 aliphatic heterocycles. The number of anilines is 1. The molecule has 4 heteroatoms. The van der Waals surface area contributed by atoms with Crippen molar-refractivity contribution in [3.8, 4) is 0 Å². The van der Waals surface area contributed by atoms with Crippen LogP contribution in [0.25, 0.3) is 0 Å². The molecule has 1 heterocycles. The van der Waals surface area contributed by atoms with Gasteiger partial charge in [0.25, 0.3) is 0 Å². The third-order valence-corrected chi connectivity index (χ3v) is 5.08. The van der Waals surface area contributed by atoms with E-state index >= 15 is 0 Å². The van der Waals surface area contributed by atoms with Crippen molar-refractivity contribution in [3.05, 3.63) is 64.7 Å². The molecule has 1 N–H and O–H groups in total. The minimum atomic E-state index is 0.0899. The van der Waals surface area contributed by atoms with Gasteiger partial charge in [0.2, 0.25) is 5.91 Å². The van der Waals surface area contributed by atoms with E-state index in [0.717, 1.165) is 54.3 Å². The molecule has 0 aromatic heterocycles. The number of nitrogens with zero attached hydrogens (tertiary/aromatic N) is 1. The summed E-state index contributed by atoms with van der Waals surface area (Å²) in [7, 11) is 0. The second-order valence-electron chi connectivity index (χ2n) is 6.45. The monoisotopic (exact) mass is 342 g/mol. The molecule has 3 rings (SSSR count). The standard InChI is InChI=1S/C20H23ClN2O/c1-15-6-2-5-9-19(15)22-20(24)16-10-12-23(13-11-16)14-17-7-3-4-8-18(17)21/h2-9,16H,10-14H2,1H3,(H,22,24). The predicted molar refractivity (Wildman–Crippen MR) is 99.3 cm³/mol. The van der Waals surface area contributed by atoms with Crippen molar-refractivity contribution >= 4 is 23.2 Å². The number of carbonyl (C=O) groups is 1. The summed E-state index contributed by atoms with van der Waals surface area (Å²) >= 11 is 6.24. The van der Waals surface area contributed by atoms with Crippen molar-refractivity contribution < 1.29 is 4.79 Å². The van der Waals surface area contributed by atoms with Crippen LogP contribution in [0.1, 0.15) is 24.0 Å². The maximum absolute atomic E-state index is 12.5. The number of aryl methyl sites for hydroxylation is 1. The minimum Gasteiger partial charge on any atom is -0.326 e. The Morgan fingerprint density at radius 2 is 1.79 bits per heavy atom. The maximum atomic E-state index is 12.5. The van der Waals surface area contributed by atoms with Gasteiger partial charge in [0.05, 0.1) is 0 Å². The zero-order chi connectivity index (χ0) is 16.9. The number of rotatable bonds is 4. The first-order chi connectivity index (χ1) is 11.6. The van der Waals surface area contributed by atoms with Crippen LogP contribution in [0.2, 0.25) is 5.02 Å². The van der Waals surface area contributed by atoms with E-state index < -0.39 is 0 Å². The summed E-state index contributed by atoms with van der Waals surface area (Å²) in [4.78, 5) is 14.9. The smallest absolute Gasteiger partial charge is 0.227 e. The third-order valence-electron chi connectivity index (χ3n) is 4.71. The Bertz CT molecular complexity index is 708. The molecule has 1 amide bonds. The third kappa shape index (κ3) is 4.16. The number of carbonyl (C=O) groups excluding carboxylic acids is 1. The van der Waals surface area contributed by atoms with E-state index in [4.69, 9.17) is 11.6 Å². The van der Waals surface area contributed by atoms with Crippen LogP contribution in [-0.4, -0.2) is 23.9 Å². The molecule has 0 atom stereocenters. The van der Waals surface area contributed by atoms with Gasteiger partial charge in [-0.2, -0.15) is 0 Å². The number of para-hydroxylation sites is 1. The van der Waals surface area contributed by atoms with E-state index in [1.807, 2.05) is 49.4 Å². The Labute approximate surface area is 148 Å². The highest BCUT2D eigenvalue weighted by atomic mass is 35.5. The topological polar surface area (TPSA) is 32.3 Å². The fourth-order valence-electron chi connectivity index (χ4n) is 3.17. The molecule has 0 bridgehead atoms. The molecule has 1 fully saturated rings. The largest absolute Gasteiger partial charge is 0.326 e. The number of nitrogens with one attached hydrogen (secondary N) is 1. The van der Waals surface area contributed by atoms with E-state index in [2.05, 4.69) is 16.3 Å². The number of benzene rings is 2. The highest BCUT2D eigenvalue weighted by Gasteiger charge is 2.25. The van der Waals surface area contributed by atoms with Crippen LogP contribution >= 0.6 is 11.6 Å². The summed E-state index contributed by atoms with van der Waals surface area (Å²) in [5, 5.41) is 3.89. The molecule has 1 aliphatic rings. The van der Waals surface area contributed by atoms with Crippen LogP contribution in [0.3, 0.4) is 0 Å². The van der Waals surface area contributed by atoms with Gasteiger partial charge in [0, 0.05) is 23.2 Å². The number of likely N-dealkylation sites (tertiary alicyclic amines) is 1. The van der Waals surface area contributed by atoms with E-state index in [1.165, 1.54) is 0 Å². The predicted octanol–water partition coefficient (Wildman–Crippen LogP) is 4.50. The summed E-state index contributed by atoms with van der Waals surface area (Å²) in [6, 6.07) is 15.9. The maximum Gasteiger partial charge on any atom is 0.227 e. The van der Waals surface area contributed by atoms with Crippen molar-refractivity contribution in [1.29, 1.82) is 0 Å². The van der Waals surface area contributed by atoms with Gasteiger partial charge in [-0.15, -0.1) is 0 Å². The zero-order valence-corrected chi connectivity index (χ0v) is 14.7. The normalized spacial score (nSPS) is 16.1. The molecule has 2 aromatic carbocycles. The zero-order valence-electron chi connectivity index (χ0n) is 14.0. The van der Waals surface area contributed by atoms with Crippen LogP contribution in [-0.2, 0) is 11.3 Å². The lowest BCUT2D eigenvalue weighted by atomic mass is 9.95. The summed E-state index contributed by atoms with van der Waals surface area (Å²) in [6.07, 6.45) is 1.78. The van der Waals surface area contributed by atoms with Crippen LogP contribution in [0, 0.1) is 12.8 Å². The molecule has 3 nitrogen and oxygen atoms in total. The van der Waals surface area contributed by atoms with E-state index in [-0.39, 0.29) is 11.8 Å². The molecular formula is C20H23ClN2O. The molecule has 2 aromatic rings. The van der Waals surface area contributed by atoms with E-state index in [9.17, 15) is 4.79 Å². The fraction of sp³-hybridized carbons (Fsp3) is 0.350. The van der Waals surface area contributed by atoms with Gasteiger partial charge >= 0.3 is 0 Å². The summed E-state index contributed by atoms with van der Waals surface area (Å²) < 4.78 is 0. The van der Waals surface area contributed by atoms with Gasteiger partial charge in [-0.1, -0.05) is 48.0 Å². The Hall–Kier alpha value is -1.84. The van der Waals surface area contributed by atoms with Gasteiger partial charge in [0.15, 0.2) is 0 Å². The Morgan fingerprint density at radius 3 is 2.50 bits per heavy atom. The molecule has 0 spiro atoms. The van der Waals surface area contributed by atoms with Gasteiger partial charge in [0.1, 0.15) is 0 Å². The molecular weight excluding hydrogens is 320 g/mol. The second kappa shape index (κ2) is 7.82. The summed E-state index contributed by atoms with van der Waals surface area (Å²) in [5.74, 6) is 0.230. The molecule has 0 saturated carbocycles. The number of piperidine rings is 1. The quantitative estimate of drug-likeness (QED) is 0.887. The van der Waals surface area contributed by atoms with Gasteiger partial charge in [-0.25, -0.2) is 0 Å². The van der Waals surface area contributed by atoms with Gasteiger partial charge < -0.3 is 5.32 Å². The van der Waals surface area contributed by atoms with Crippen molar-refractivity contribution in [2.75, 3.05) is 18.4 Å². The molecule has 0 radical (unpaired) electrons. The molecule has 0 aliphatic carbocycles.